The van der Waals surface area contributed by atoms with Crippen LogP contribution >= 0.6 is 0 Å². The van der Waals surface area contributed by atoms with Crippen molar-refractivity contribution in [2.24, 2.45) is 0 Å². The zero-order valence-electron chi connectivity index (χ0n) is 12.7. The number of hydrogen-bond acceptors (Lipinski definition) is 2. The molecule has 2 N–H and O–H groups in total. The lowest BCUT2D eigenvalue weighted by atomic mass is 10.1. The highest BCUT2D eigenvalue weighted by Gasteiger charge is 2.13. The fourth-order valence-electron chi connectivity index (χ4n) is 2.72. The summed E-state index contributed by atoms with van der Waals surface area (Å²) in [6, 6.07) is 0.638. The number of carbonyl (C=O) groups excluding carboxylic acids is 1. The first-order valence-corrected chi connectivity index (χ1v) is 8.33. The SMILES string of the molecule is CCCCCCCCCC(=O)NCC[C@H]1CCCN1. The van der Waals surface area contributed by atoms with Crippen LogP contribution < -0.4 is 10.6 Å². The van der Waals surface area contributed by atoms with E-state index in [1.165, 1.54) is 51.4 Å². The van der Waals surface area contributed by atoms with E-state index in [4.69, 9.17) is 0 Å². The van der Waals surface area contributed by atoms with Gasteiger partial charge in [0.2, 0.25) is 5.91 Å². The van der Waals surface area contributed by atoms with Crippen LogP contribution in [0.15, 0.2) is 0 Å². The van der Waals surface area contributed by atoms with Gasteiger partial charge in [-0.3, -0.25) is 4.79 Å². The number of hydrogen-bond donors (Lipinski definition) is 2. The van der Waals surface area contributed by atoms with Gasteiger partial charge in [0, 0.05) is 19.0 Å². The Morgan fingerprint density at radius 3 is 2.58 bits per heavy atom. The van der Waals surface area contributed by atoms with Gasteiger partial charge in [-0.15, -0.1) is 0 Å². The topological polar surface area (TPSA) is 41.1 Å². The molecule has 0 aliphatic carbocycles. The van der Waals surface area contributed by atoms with Gasteiger partial charge < -0.3 is 10.6 Å². The monoisotopic (exact) mass is 268 g/mol. The highest BCUT2D eigenvalue weighted by Crippen LogP contribution is 2.09. The van der Waals surface area contributed by atoms with E-state index in [-0.39, 0.29) is 5.91 Å². The third-order valence-electron chi connectivity index (χ3n) is 3.98. The van der Waals surface area contributed by atoms with Gasteiger partial charge in [0.1, 0.15) is 0 Å². The standard InChI is InChI=1S/C16H32N2O/c1-2-3-4-5-6-7-8-11-16(19)18-14-12-15-10-9-13-17-15/h15,17H,2-14H2,1H3,(H,18,19)/t15-/m1/s1. The lowest BCUT2D eigenvalue weighted by Gasteiger charge is -2.10. The molecule has 0 aromatic rings. The molecule has 0 bridgehead atoms. The number of unbranched alkanes of at least 4 members (excludes halogenated alkanes) is 6. The van der Waals surface area contributed by atoms with Crippen molar-refractivity contribution in [3.05, 3.63) is 0 Å². The molecule has 0 radical (unpaired) electrons. The lowest BCUT2D eigenvalue weighted by Crippen LogP contribution is -2.30. The molecule has 3 heteroatoms. The molecule has 1 aliphatic rings. The van der Waals surface area contributed by atoms with Gasteiger partial charge >= 0.3 is 0 Å². The summed E-state index contributed by atoms with van der Waals surface area (Å²) in [5.41, 5.74) is 0. The minimum atomic E-state index is 0.242. The Hall–Kier alpha value is -0.570. The molecule has 1 atom stereocenters. The summed E-state index contributed by atoms with van der Waals surface area (Å²) in [6.45, 7) is 4.23. The summed E-state index contributed by atoms with van der Waals surface area (Å²) >= 11 is 0. The maximum absolute atomic E-state index is 11.6. The Morgan fingerprint density at radius 2 is 1.89 bits per heavy atom. The molecule has 1 rings (SSSR count). The van der Waals surface area contributed by atoms with Crippen LogP contribution in [0, 0.1) is 0 Å². The lowest BCUT2D eigenvalue weighted by molar-refractivity contribution is -0.121. The molecule has 1 fully saturated rings. The van der Waals surface area contributed by atoms with Crippen molar-refractivity contribution in [1.29, 1.82) is 0 Å². The Morgan fingerprint density at radius 1 is 1.16 bits per heavy atom. The molecule has 0 aromatic heterocycles. The molecule has 0 saturated carbocycles. The van der Waals surface area contributed by atoms with E-state index >= 15 is 0 Å². The fourth-order valence-corrected chi connectivity index (χ4v) is 2.72. The largest absolute Gasteiger partial charge is 0.356 e. The predicted molar refractivity (Wildman–Crippen MR) is 81.3 cm³/mol. The Labute approximate surface area is 118 Å². The van der Waals surface area contributed by atoms with Crippen molar-refractivity contribution in [1.82, 2.24) is 10.6 Å². The molecule has 1 aliphatic heterocycles. The molecule has 0 spiro atoms. The second kappa shape index (κ2) is 11.3. The van der Waals surface area contributed by atoms with Crippen LogP contribution in [-0.2, 0) is 4.79 Å². The molecular weight excluding hydrogens is 236 g/mol. The molecule has 1 amide bonds. The van der Waals surface area contributed by atoms with Crippen LogP contribution in [0.2, 0.25) is 0 Å². The smallest absolute Gasteiger partial charge is 0.219 e. The zero-order valence-corrected chi connectivity index (χ0v) is 12.7. The average molecular weight is 268 g/mol. The Kier molecular flexibility index (Phi) is 9.78. The Balaban J connectivity index is 1.82. The molecular formula is C16H32N2O. The van der Waals surface area contributed by atoms with E-state index in [9.17, 15) is 4.79 Å². The maximum atomic E-state index is 11.6. The first-order valence-electron chi connectivity index (χ1n) is 8.33. The van der Waals surface area contributed by atoms with Crippen LogP contribution in [-0.4, -0.2) is 25.0 Å². The summed E-state index contributed by atoms with van der Waals surface area (Å²) in [7, 11) is 0. The van der Waals surface area contributed by atoms with Gasteiger partial charge in [-0.1, -0.05) is 45.4 Å². The second-order valence-electron chi connectivity index (χ2n) is 5.80. The van der Waals surface area contributed by atoms with Crippen molar-refractivity contribution in [2.45, 2.75) is 83.6 Å². The quantitative estimate of drug-likeness (QED) is 0.564. The minimum absolute atomic E-state index is 0.242. The Bertz CT molecular complexity index is 225. The number of carbonyl (C=O) groups is 1. The first kappa shape index (κ1) is 16.5. The van der Waals surface area contributed by atoms with Crippen LogP contribution in [0.1, 0.15) is 77.6 Å². The van der Waals surface area contributed by atoms with Crippen LogP contribution in [0.25, 0.3) is 0 Å². The molecule has 19 heavy (non-hydrogen) atoms. The summed E-state index contributed by atoms with van der Waals surface area (Å²) in [6.07, 6.45) is 13.3. The van der Waals surface area contributed by atoms with Crippen molar-refractivity contribution >= 4 is 5.91 Å². The summed E-state index contributed by atoms with van der Waals surface area (Å²) in [5, 5.41) is 6.50. The summed E-state index contributed by atoms with van der Waals surface area (Å²) < 4.78 is 0. The van der Waals surface area contributed by atoms with Gasteiger partial charge in [0.15, 0.2) is 0 Å². The van der Waals surface area contributed by atoms with Crippen molar-refractivity contribution in [2.75, 3.05) is 13.1 Å². The third kappa shape index (κ3) is 9.04. The molecule has 0 aromatic carbocycles. The molecule has 1 saturated heterocycles. The van der Waals surface area contributed by atoms with Crippen molar-refractivity contribution < 1.29 is 4.79 Å². The highest BCUT2D eigenvalue weighted by molar-refractivity contribution is 5.75. The van der Waals surface area contributed by atoms with E-state index in [1.807, 2.05) is 0 Å². The van der Waals surface area contributed by atoms with E-state index in [0.29, 0.717) is 12.5 Å². The predicted octanol–water partition coefficient (Wildman–Crippen LogP) is 3.39. The highest BCUT2D eigenvalue weighted by atomic mass is 16.1. The zero-order chi connectivity index (χ0) is 13.8. The van der Waals surface area contributed by atoms with Crippen molar-refractivity contribution in [3.8, 4) is 0 Å². The number of nitrogens with one attached hydrogen (secondary N) is 2. The van der Waals surface area contributed by atoms with Gasteiger partial charge in [-0.05, 0) is 32.2 Å². The fraction of sp³-hybridized carbons (Fsp3) is 0.938. The molecule has 1 heterocycles. The van der Waals surface area contributed by atoms with E-state index in [1.54, 1.807) is 0 Å². The van der Waals surface area contributed by atoms with Crippen LogP contribution in [0.4, 0.5) is 0 Å². The minimum Gasteiger partial charge on any atom is -0.356 e. The second-order valence-corrected chi connectivity index (χ2v) is 5.80. The van der Waals surface area contributed by atoms with Gasteiger partial charge in [-0.2, -0.15) is 0 Å². The first-order chi connectivity index (χ1) is 9.33. The van der Waals surface area contributed by atoms with E-state index in [2.05, 4.69) is 17.6 Å². The van der Waals surface area contributed by atoms with Crippen molar-refractivity contribution in [3.63, 3.8) is 0 Å². The maximum Gasteiger partial charge on any atom is 0.219 e. The third-order valence-corrected chi connectivity index (χ3v) is 3.98. The van der Waals surface area contributed by atoms with E-state index < -0.39 is 0 Å². The number of amides is 1. The van der Waals surface area contributed by atoms with Gasteiger partial charge in [-0.25, -0.2) is 0 Å². The summed E-state index contributed by atoms with van der Waals surface area (Å²) in [5.74, 6) is 0.242. The van der Waals surface area contributed by atoms with Gasteiger partial charge in [0.05, 0.1) is 0 Å². The average Bonchev–Trinajstić information content (AvgIpc) is 2.91. The van der Waals surface area contributed by atoms with Crippen LogP contribution in [0.3, 0.4) is 0 Å². The number of rotatable bonds is 11. The normalized spacial score (nSPS) is 18.7. The molecule has 3 nitrogen and oxygen atoms in total. The molecule has 0 unspecified atom stereocenters. The van der Waals surface area contributed by atoms with E-state index in [0.717, 1.165) is 25.9 Å². The molecule has 112 valence electrons. The van der Waals surface area contributed by atoms with Crippen LogP contribution in [0.5, 0.6) is 0 Å². The van der Waals surface area contributed by atoms with Gasteiger partial charge in [0.25, 0.3) is 0 Å². The summed E-state index contributed by atoms with van der Waals surface area (Å²) in [4.78, 5) is 11.6.